The van der Waals surface area contributed by atoms with Gasteiger partial charge in [0.25, 0.3) is 5.89 Å². The molecule has 136 valence electrons. The molecule has 0 aromatic carbocycles. The third-order valence-electron chi connectivity index (χ3n) is 5.49. The van der Waals surface area contributed by atoms with Crippen LogP contribution < -0.4 is 4.72 Å². The first-order chi connectivity index (χ1) is 11.9. The molecule has 1 N–H and O–H groups in total. The molecule has 0 spiro atoms. The van der Waals surface area contributed by atoms with Crippen LogP contribution in [0.4, 0.5) is 0 Å². The number of sulfonamides is 1. The number of hydrogen-bond acceptors (Lipinski definition) is 5. The van der Waals surface area contributed by atoms with E-state index in [0.29, 0.717) is 52.0 Å². The molecule has 4 rings (SSSR count). The lowest BCUT2D eigenvalue weighted by atomic mass is 9.85. The highest BCUT2D eigenvalue weighted by Gasteiger charge is 2.32. The smallest absolute Gasteiger partial charge is 0.264 e. The molecule has 0 amide bonds. The van der Waals surface area contributed by atoms with Crippen molar-refractivity contribution in [2.24, 2.45) is 13.0 Å². The minimum absolute atomic E-state index is 0.328. The summed E-state index contributed by atoms with van der Waals surface area (Å²) in [6.07, 6.45) is 5.56. The zero-order chi connectivity index (χ0) is 17.8. The molecule has 8 heteroatoms. The van der Waals surface area contributed by atoms with Gasteiger partial charge in [0.05, 0.1) is 0 Å². The van der Waals surface area contributed by atoms with Gasteiger partial charge in [-0.1, -0.05) is 6.42 Å². The largest absolute Gasteiger partial charge is 0.419 e. The van der Waals surface area contributed by atoms with Gasteiger partial charge in [0.1, 0.15) is 10.6 Å². The van der Waals surface area contributed by atoms with Crippen molar-refractivity contribution in [1.82, 2.24) is 19.5 Å². The van der Waals surface area contributed by atoms with Crippen LogP contribution in [-0.2, 0) is 17.1 Å². The second-order valence-electron chi connectivity index (χ2n) is 7.32. The number of aromatic nitrogens is 3. The quantitative estimate of drug-likeness (QED) is 0.851. The van der Waals surface area contributed by atoms with Gasteiger partial charge >= 0.3 is 0 Å². The molecular weight excluding hydrogens is 340 g/mol. The normalized spacial score (nSPS) is 18.5. The van der Waals surface area contributed by atoms with Gasteiger partial charge in [-0.3, -0.25) is 0 Å². The minimum Gasteiger partial charge on any atom is -0.419 e. The van der Waals surface area contributed by atoms with E-state index < -0.39 is 10.0 Å². The van der Waals surface area contributed by atoms with Crippen molar-refractivity contribution in [3.63, 3.8) is 0 Å². The van der Waals surface area contributed by atoms with Crippen molar-refractivity contribution < 1.29 is 12.8 Å². The number of nitrogens with one attached hydrogen (secondary N) is 1. The Balaban J connectivity index is 1.70. The second-order valence-corrected chi connectivity index (χ2v) is 9.02. The van der Waals surface area contributed by atoms with Gasteiger partial charge in [0.2, 0.25) is 15.9 Å². The summed E-state index contributed by atoms with van der Waals surface area (Å²) in [6, 6.07) is 0. The second kappa shape index (κ2) is 5.95. The molecule has 25 heavy (non-hydrogen) atoms. The lowest BCUT2D eigenvalue weighted by Gasteiger charge is -2.20. The molecule has 0 bridgehead atoms. The van der Waals surface area contributed by atoms with Crippen molar-refractivity contribution in [3.05, 3.63) is 17.1 Å². The fourth-order valence-corrected chi connectivity index (χ4v) is 5.05. The summed E-state index contributed by atoms with van der Waals surface area (Å²) < 4.78 is 36.0. The Morgan fingerprint density at radius 2 is 1.92 bits per heavy atom. The molecule has 2 heterocycles. The van der Waals surface area contributed by atoms with E-state index >= 15 is 0 Å². The summed E-state index contributed by atoms with van der Waals surface area (Å²) in [7, 11) is -1.71. The summed E-state index contributed by atoms with van der Waals surface area (Å²) in [5.41, 5.74) is 2.02. The van der Waals surface area contributed by atoms with Crippen LogP contribution in [0, 0.1) is 19.8 Å². The Bertz CT molecular complexity index is 905. The van der Waals surface area contributed by atoms with Crippen molar-refractivity contribution >= 4 is 10.0 Å². The molecular formula is C17H24N4O3S. The molecule has 2 fully saturated rings. The van der Waals surface area contributed by atoms with Crippen LogP contribution in [-0.4, -0.2) is 29.7 Å². The van der Waals surface area contributed by atoms with Crippen molar-refractivity contribution in [2.75, 3.05) is 6.54 Å². The average molecular weight is 364 g/mol. The van der Waals surface area contributed by atoms with E-state index in [1.54, 1.807) is 6.92 Å². The molecule has 0 unspecified atom stereocenters. The van der Waals surface area contributed by atoms with E-state index in [0.717, 1.165) is 25.7 Å². The van der Waals surface area contributed by atoms with Crippen molar-refractivity contribution in [2.45, 2.75) is 56.8 Å². The number of nitrogens with zero attached hydrogens (tertiary/aromatic N) is 3. The zero-order valence-corrected chi connectivity index (χ0v) is 15.7. The zero-order valence-electron chi connectivity index (χ0n) is 14.9. The molecule has 0 aliphatic heterocycles. The highest BCUT2D eigenvalue weighted by Crippen LogP contribution is 2.38. The van der Waals surface area contributed by atoms with Crippen LogP contribution in [0.1, 0.15) is 55.2 Å². The third-order valence-corrected chi connectivity index (χ3v) is 7.17. The van der Waals surface area contributed by atoms with E-state index in [1.165, 1.54) is 6.42 Å². The van der Waals surface area contributed by atoms with Crippen LogP contribution in [0.3, 0.4) is 0 Å². The topological polar surface area (TPSA) is 90.0 Å². The monoisotopic (exact) mass is 364 g/mol. The number of hydrogen-bond donors (Lipinski definition) is 1. The van der Waals surface area contributed by atoms with Gasteiger partial charge in [0, 0.05) is 30.8 Å². The predicted octanol–water partition coefficient (Wildman–Crippen LogP) is 2.65. The lowest BCUT2D eigenvalue weighted by molar-refractivity contribution is 0.337. The van der Waals surface area contributed by atoms with E-state index in [4.69, 9.17) is 4.42 Å². The SMILES string of the molecule is Cc1c(S(=O)(=O)NCC2CC2)c(C)n(C)c1-c1nnc(C2CCC2)o1. The Morgan fingerprint density at radius 1 is 1.20 bits per heavy atom. The van der Waals surface area contributed by atoms with Gasteiger partial charge in [0.15, 0.2) is 0 Å². The summed E-state index contributed by atoms with van der Waals surface area (Å²) in [5.74, 6) is 1.90. The fraction of sp³-hybridized carbons (Fsp3) is 0.647. The lowest BCUT2D eigenvalue weighted by Crippen LogP contribution is -2.26. The van der Waals surface area contributed by atoms with Crippen LogP contribution in [0.2, 0.25) is 0 Å². The first kappa shape index (κ1) is 16.8. The van der Waals surface area contributed by atoms with Crippen LogP contribution in [0.15, 0.2) is 9.31 Å². The van der Waals surface area contributed by atoms with Crippen LogP contribution in [0.25, 0.3) is 11.6 Å². The Morgan fingerprint density at radius 3 is 2.52 bits per heavy atom. The molecule has 2 aromatic rings. The highest BCUT2D eigenvalue weighted by molar-refractivity contribution is 7.89. The minimum atomic E-state index is -3.55. The van der Waals surface area contributed by atoms with Gasteiger partial charge < -0.3 is 8.98 Å². The fourth-order valence-electron chi connectivity index (χ4n) is 3.42. The van der Waals surface area contributed by atoms with E-state index in [9.17, 15) is 8.42 Å². The molecule has 2 saturated carbocycles. The predicted molar refractivity (Wildman–Crippen MR) is 92.7 cm³/mol. The van der Waals surface area contributed by atoms with E-state index in [1.807, 2.05) is 18.5 Å². The van der Waals surface area contributed by atoms with E-state index in [2.05, 4.69) is 14.9 Å². The van der Waals surface area contributed by atoms with Gasteiger partial charge in [-0.05, 0) is 45.4 Å². The molecule has 2 aromatic heterocycles. The first-order valence-electron chi connectivity index (χ1n) is 8.87. The maximum Gasteiger partial charge on any atom is 0.264 e. The molecule has 0 radical (unpaired) electrons. The third kappa shape index (κ3) is 2.91. The summed E-state index contributed by atoms with van der Waals surface area (Å²) in [6.45, 7) is 4.13. The Hall–Kier alpha value is -1.67. The molecule has 0 atom stereocenters. The standard InChI is InChI=1S/C17H24N4O3S/c1-10-14(17-20-19-16(24-17)13-5-4-6-13)21(3)11(2)15(10)25(22,23)18-9-12-7-8-12/h12-13,18H,4-9H2,1-3H3. The number of rotatable bonds is 6. The Kier molecular flexibility index (Phi) is 3.99. The van der Waals surface area contributed by atoms with Crippen molar-refractivity contribution in [3.8, 4) is 11.6 Å². The first-order valence-corrected chi connectivity index (χ1v) is 10.4. The summed E-state index contributed by atoms with van der Waals surface area (Å²) in [5, 5.41) is 8.35. The van der Waals surface area contributed by atoms with Crippen molar-refractivity contribution in [1.29, 1.82) is 0 Å². The van der Waals surface area contributed by atoms with Gasteiger partial charge in [-0.25, -0.2) is 13.1 Å². The highest BCUT2D eigenvalue weighted by atomic mass is 32.2. The molecule has 7 nitrogen and oxygen atoms in total. The maximum atomic E-state index is 12.8. The van der Waals surface area contributed by atoms with E-state index in [-0.39, 0.29) is 0 Å². The molecule has 2 aliphatic carbocycles. The molecule has 0 saturated heterocycles. The van der Waals surface area contributed by atoms with Crippen LogP contribution in [0.5, 0.6) is 0 Å². The average Bonchev–Trinajstić information content (AvgIpc) is 3.17. The Labute approximate surface area is 147 Å². The summed E-state index contributed by atoms with van der Waals surface area (Å²) in [4.78, 5) is 0.328. The summed E-state index contributed by atoms with van der Waals surface area (Å²) >= 11 is 0. The van der Waals surface area contributed by atoms with Gasteiger partial charge in [-0.2, -0.15) is 0 Å². The van der Waals surface area contributed by atoms with Crippen LogP contribution >= 0.6 is 0 Å². The van der Waals surface area contributed by atoms with Gasteiger partial charge in [-0.15, -0.1) is 10.2 Å². The molecule has 2 aliphatic rings. The maximum absolute atomic E-state index is 12.8.